The zero-order valence-electron chi connectivity index (χ0n) is 15.8. The minimum absolute atomic E-state index is 0.0202. The summed E-state index contributed by atoms with van der Waals surface area (Å²) in [6.07, 6.45) is 11.9. The summed E-state index contributed by atoms with van der Waals surface area (Å²) in [7, 11) is 0. The van der Waals surface area contributed by atoms with Crippen LogP contribution in [0.15, 0.2) is 0 Å². The zero-order valence-corrected chi connectivity index (χ0v) is 15.8. The largest absolute Gasteiger partial charge is 0.395 e. The molecule has 0 saturated carbocycles. The number of rotatable bonds is 11. The molecule has 2 N–H and O–H groups in total. The van der Waals surface area contributed by atoms with E-state index in [4.69, 9.17) is 5.11 Å². The van der Waals surface area contributed by atoms with Crippen molar-refractivity contribution in [2.75, 3.05) is 13.2 Å². The van der Waals surface area contributed by atoms with Crippen LogP contribution in [0, 0.1) is 35.5 Å². The molecule has 0 aliphatic heterocycles. The van der Waals surface area contributed by atoms with Crippen LogP contribution >= 0.6 is 0 Å². The standard InChI is InChI=1S/C22H33NO2/c1-2-3-4-5-6-7-8-9-10-11-12-13-14-15-16-17-18-19-22(25)23-20-21-24/h24H,2-8,11,14,17-21H2,1H3,(H,23,25). The molecular formula is C22H33NO2. The molecule has 0 aromatic carbocycles. The average Bonchev–Trinajstić information content (AvgIpc) is 2.62. The highest BCUT2D eigenvalue weighted by Gasteiger charge is 1.97. The minimum atomic E-state index is -0.0322. The smallest absolute Gasteiger partial charge is 0.220 e. The van der Waals surface area contributed by atoms with Gasteiger partial charge in [-0.25, -0.2) is 0 Å². The summed E-state index contributed by atoms with van der Waals surface area (Å²) >= 11 is 0. The summed E-state index contributed by atoms with van der Waals surface area (Å²) in [5.74, 6) is 18.3. The lowest BCUT2D eigenvalue weighted by molar-refractivity contribution is -0.121. The third-order valence-electron chi connectivity index (χ3n) is 3.52. The molecule has 138 valence electrons. The molecule has 0 heterocycles. The Morgan fingerprint density at radius 3 is 2.00 bits per heavy atom. The fraction of sp³-hybridized carbons (Fsp3) is 0.682. The van der Waals surface area contributed by atoms with E-state index < -0.39 is 0 Å². The van der Waals surface area contributed by atoms with Gasteiger partial charge in [0.05, 0.1) is 19.4 Å². The van der Waals surface area contributed by atoms with Crippen LogP contribution in [-0.4, -0.2) is 24.2 Å². The number of carbonyl (C=O) groups is 1. The highest BCUT2D eigenvalue weighted by atomic mass is 16.3. The van der Waals surface area contributed by atoms with Gasteiger partial charge in [0.25, 0.3) is 0 Å². The number of aliphatic hydroxyl groups is 1. The number of nitrogens with one attached hydrogen (secondary N) is 1. The number of hydrogen-bond acceptors (Lipinski definition) is 2. The fourth-order valence-corrected chi connectivity index (χ4v) is 2.13. The summed E-state index contributed by atoms with van der Waals surface area (Å²) < 4.78 is 0. The normalized spacial score (nSPS) is 9.04. The van der Waals surface area contributed by atoms with Gasteiger partial charge >= 0.3 is 0 Å². The highest BCUT2D eigenvalue weighted by Crippen LogP contribution is 2.06. The monoisotopic (exact) mass is 343 g/mol. The number of unbranched alkanes of at least 4 members (excludes halogenated alkanes) is 7. The average molecular weight is 344 g/mol. The topological polar surface area (TPSA) is 49.3 Å². The lowest BCUT2D eigenvalue weighted by Gasteiger charge is -2.00. The maximum absolute atomic E-state index is 11.3. The van der Waals surface area contributed by atoms with E-state index in [1.165, 1.54) is 38.5 Å². The minimum Gasteiger partial charge on any atom is -0.395 e. The molecule has 0 aliphatic rings. The molecule has 3 heteroatoms. The molecule has 0 atom stereocenters. The van der Waals surface area contributed by atoms with E-state index in [1.54, 1.807) is 0 Å². The van der Waals surface area contributed by atoms with Crippen molar-refractivity contribution in [2.24, 2.45) is 0 Å². The molecule has 3 nitrogen and oxygen atoms in total. The van der Waals surface area contributed by atoms with Crippen LogP contribution in [0.25, 0.3) is 0 Å². The van der Waals surface area contributed by atoms with Crippen molar-refractivity contribution in [3.63, 3.8) is 0 Å². The highest BCUT2D eigenvalue weighted by molar-refractivity contribution is 5.75. The van der Waals surface area contributed by atoms with Gasteiger partial charge in [0.15, 0.2) is 0 Å². The molecule has 25 heavy (non-hydrogen) atoms. The summed E-state index contributed by atoms with van der Waals surface area (Å²) in [6, 6.07) is 0. The van der Waals surface area contributed by atoms with E-state index in [1.807, 2.05) is 0 Å². The van der Waals surface area contributed by atoms with Crippen molar-refractivity contribution in [1.29, 1.82) is 0 Å². The predicted molar refractivity (Wildman–Crippen MR) is 105 cm³/mol. The summed E-state index contributed by atoms with van der Waals surface area (Å²) in [4.78, 5) is 11.3. The van der Waals surface area contributed by atoms with Crippen molar-refractivity contribution < 1.29 is 9.90 Å². The van der Waals surface area contributed by atoms with Gasteiger partial charge in [-0.15, -0.1) is 11.8 Å². The van der Waals surface area contributed by atoms with E-state index in [0.29, 0.717) is 32.2 Å². The van der Waals surface area contributed by atoms with Crippen LogP contribution in [0.4, 0.5) is 0 Å². The van der Waals surface area contributed by atoms with Crippen molar-refractivity contribution in [1.82, 2.24) is 5.32 Å². The Hall–Kier alpha value is -1.89. The lowest BCUT2D eigenvalue weighted by Crippen LogP contribution is -2.25. The first kappa shape index (κ1) is 23.1. The first-order valence-corrected chi connectivity index (χ1v) is 9.56. The Labute approximate surface area is 154 Å². The number of aliphatic hydroxyl groups excluding tert-OH is 1. The summed E-state index contributed by atoms with van der Waals surface area (Å²) in [5.41, 5.74) is 0. The van der Waals surface area contributed by atoms with Crippen LogP contribution in [0.3, 0.4) is 0 Å². The first-order valence-electron chi connectivity index (χ1n) is 9.56. The zero-order chi connectivity index (χ0) is 18.4. The Bertz CT molecular complexity index is 505. The van der Waals surface area contributed by atoms with Gasteiger partial charge in [0.1, 0.15) is 0 Å². The molecule has 1 amide bonds. The first-order chi connectivity index (χ1) is 12.3. The Balaban J connectivity index is 3.48. The summed E-state index contributed by atoms with van der Waals surface area (Å²) in [5, 5.41) is 11.2. The molecule has 0 unspecified atom stereocenters. The van der Waals surface area contributed by atoms with Crippen LogP contribution < -0.4 is 5.32 Å². The van der Waals surface area contributed by atoms with Gasteiger partial charge < -0.3 is 10.4 Å². The van der Waals surface area contributed by atoms with Crippen molar-refractivity contribution >= 4 is 5.91 Å². The van der Waals surface area contributed by atoms with Crippen molar-refractivity contribution in [3.8, 4) is 35.5 Å². The Kier molecular flexibility index (Phi) is 18.6. The van der Waals surface area contributed by atoms with E-state index in [2.05, 4.69) is 47.8 Å². The van der Waals surface area contributed by atoms with E-state index in [-0.39, 0.29) is 12.5 Å². The van der Waals surface area contributed by atoms with E-state index >= 15 is 0 Å². The SMILES string of the molecule is CCCCCCCCC#CCC#CCC#CCCCC(=O)NCCO. The van der Waals surface area contributed by atoms with Gasteiger partial charge in [-0.3, -0.25) is 4.79 Å². The van der Waals surface area contributed by atoms with Crippen LogP contribution in [0.2, 0.25) is 0 Å². The molecule has 0 aromatic rings. The Morgan fingerprint density at radius 1 is 0.800 bits per heavy atom. The fourth-order valence-electron chi connectivity index (χ4n) is 2.13. The quantitative estimate of drug-likeness (QED) is 0.443. The van der Waals surface area contributed by atoms with Crippen molar-refractivity contribution in [2.45, 2.75) is 84.0 Å². The number of amides is 1. The van der Waals surface area contributed by atoms with Gasteiger partial charge in [-0.05, 0) is 12.8 Å². The second-order valence-electron chi connectivity index (χ2n) is 5.86. The second kappa shape index (κ2) is 20.2. The van der Waals surface area contributed by atoms with Gasteiger partial charge in [-0.1, -0.05) is 62.7 Å². The number of carbonyl (C=O) groups excluding carboxylic acids is 1. The molecule has 0 spiro atoms. The third kappa shape index (κ3) is 20.1. The van der Waals surface area contributed by atoms with Crippen LogP contribution in [0.1, 0.15) is 84.0 Å². The molecule has 0 saturated heterocycles. The summed E-state index contributed by atoms with van der Waals surface area (Å²) in [6.45, 7) is 2.54. The maximum atomic E-state index is 11.3. The Morgan fingerprint density at radius 2 is 1.36 bits per heavy atom. The second-order valence-corrected chi connectivity index (χ2v) is 5.86. The number of hydrogen-bond donors (Lipinski definition) is 2. The lowest BCUT2D eigenvalue weighted by atomic mass is 10.1. The molecule has 0 fully saturated rings. The van der Waals surface area contributed by atoms with Gasteiger partial charge in [-0.2, -0.15) is 0 Å². The maximum Gasteiger partial charge on any atom is 0.220 e. The molecule has 0 rings (SSSR count). The van der Waals surface area contributed by atoms with E-state index in [0.717, 1.165) is 12.8 Å². The van der Waals surface area contributed by atoms with Crippen LogP contribution in [-0.2, 0) is 4.79 Å². The molecule has 0 aromatic heterocycles. The van der Waals surface area contributed by atoms with Crippen LogP contribution in [0.5, 0.6) is 0 Å². The van der Waals surface area contributed by atoms with Gasteiger partial charge in [0.2, 0.25) is 5.91 Å². The van der Waals surface area contributed by atoms with Crippen molar-refractivity contribution in [3.05, 3.63) is 0 Å². The predicted octanol–water partition coefficient (Wildman–Crippen LogP) is 3.81. The third-order valence-corrected chi connectivity index (χ3v) is 3.52. The molecule has 0 aliphatic carbocycles. The molecule has 0 bridgehead atoms. The molecule has 0 radical (unpaired) electrons. The van der Waals surface area contributed by atoms with E-state index in [9.17, 15) is 4.79 Å². The molecular weight excluding hydrogens is 310 g/mol. The van der Waals surface area contributed by atoms with Gasteiger partial charge in [0, 0.05) is 25.8 Å².